The molecule has 0 heterocycles. The zero-order valence-electron chi connectivity index (χ0n) is 11.6. The number of ether oxygens (including phenoxy) is 1. The molecule has 0 aromatic heterocycles. The molecular formula is C14H27N3O. The van der Waals surface area contributed by atoms with E-state index in [9.17, 15) is 0 Å². The topological polar surface area (TPSA) is 45.7 Å². The molecule has 0 aliphatic heterocycles. The van der Waals surface area contributed by atoms with Crippen molar-refractivity contribution >= 4 is 5.96 Å². The first kappa shape index (κ1) is 13.7. The van der Waals surface area contributed by atoms with Crippen molar-refractivity contribution in [3.63, 3.8) is 0 Å². The maximum absolute atomic E-state index is 5.83. The van der Waals surface area contributed by atoms with Gasteiger partial charge in [0.1, 0.15) is 0 Å². The van der Waals surface area contributed by atoms with Crippen molar-refractivity contribution in [1.29, 1.82) is 0 Å². The molecule has 18 heavy (non-hydrogen) atoms. The van der Waals surface area contributed by atoms with Crippen LogP contribution in [0.25, 0.3) is 0 Å². The maximum atomic E-state index is 5.83. The van der Waals surface area contributed by atoms with Crippen LogP contribution in [0.15, 0.2) is 4.99 Å². The molecule has 0 aromatic carbocycles. The summed E-state index contributed by atoms with van der Waals surface area (Å²) in [6, 6.07) is 0. The standard InChI is InChI=1S/C14H27N3O/c1-15-14(17-11-12-7-8-12)16-9-4-10-18-13-5-2-3-6-13/h12-13H,2-11H2,1H3,(H2,15,16,17). The third kappa shape index (κ3) is 5.25. The Morgan fingerprint density at radius 3 is 2.61 bits per heavy atom. The molecule has 0 radical (unpaired) electrons. The van der Waals surface area contributed by atoms with E-state index in [0.29, 0.717) is 6.10 Å². The summed E-state index contributed by atoms with van der Waals surface area (Å²) in [5.74, 6) is 1.82. The normalized spacial score (nSPS) is 21.3. The van der Waals surface area contributed by atoms with Gasteiger partial charge >= 0.3 is 0 Å². The minimum atomic E-state index is 0.539. The highest BCUT2D eigenvalue weighted by molar-refractivity contribution is 5.79. The van der Waals surface area contributed by atoms with Crippen molar-refractivity contribution in [1.82, 2.24) is 10.6 Å². The van der Waals surface area contributed by atoms with E-state index in [4.69, 9.17) is 4.74 Å². The van der Waals surface area contributed by atoms with E-state index in [0.717, 1.165) is 38.0 Å². The number of hydrogen-bond acceptors (Lipinski definition) is 2. The van der Waals surface area contributed by atoms with Gasteiger partial charge < -0.3 is 15.4 Å². The molecule has 4 heteroatoms. The summed E-state index contributed by atoms with van der Waals surface area (Å²) in [5, 5.41) is 6.70. The van der Waals surface area contributed by atoms with Crippen LogP contribution in [0.3, 0.4) is 0 Å². The van der Waals surface area contributed by atoms with Gasteiger partial charge in [-0.15, -0.1) is 0 Å². The molecule has 2 saturated carbocycles. The van der Waals surface area contributed by atoms with Crippen molar-refractivity contribution < 1.29 is 4.74 Å². The fraction of sp³-hybridized carbons (Fsp3) is 0.929. The largest absolute Gasteiger partial charge is 0.378 e. The summed E-state index contributed by atoms with van der Waals surface area (Å²) in [4.78, 5) is 4.22. The fourth-order valence-electron chi connectivity index (χ4n) is 2.37. The Hall–Kier alpha value is -0.770. The van der Waals surface area contributed by atoms with E-state index >= 15 is 0 Å². The summed E-state index contributed by atoms with van der Waals surface area (Å²) in [6.45, 7) is 2.88. The average molecular weight is 253 g/mol. The van der Waals surface area contributed by atoms with Gasteiger partial charge in [-0.25, -0.2) is 0 Å². The Morgan fingerprint density at radius 1 is 1.17 bits per heavy atom. The van der Waals surface area contributed by atoms with E-state index in [2.05, 4.69) is 15.6 Å². The Bertz CT molecular complexity index is 258. The second-order valence-electron chi connectivity index (χ2n) is 5.45. The molecular weight excluding hydrogens is 226 g/mol. The Balaban J connectivity index is 1.45. The Morgan fingerprint density at radius 2 is 1.94 bits per heavy atom. The first-order chi connectivity index (χ1) is 8.88. The predicted octanol–water partition coefficient (Wildman–Crippen LogP) is 1.91. The lowest BCUT2D eigenvalue weighted by atomic mass is 10.3. The molecule has 0 amide bonds. The molecule has 2 N–H and O–H groups in total. The van der Waals surface area contributed by atoms with Gasteiger partial charge in [0.2, 0.25) is 0 Å². The highest BCUT2D eigenvalue weighted by Crippen LogP contribution is 2.27. The summed E-state index contributed by atoms with van der Waals surface area (Å²) in [5.41, 5.74) is 0. The number of rotatable bonds is 7. The van der Waals surface area contributed by atoms with E-state index in [-0.39, 0.29) is 0 Å². The molecule has 0 bridgehead atoms. The minimum Gasteiger partial charge on any atom is -0.378 e. The Labute approximate surface area is 111 Å². The summed E-state index contributed by atoms with van der Waals surface area (Å²) in [6.07, 6.45) is 9.56. The molecule has 104 valence electrons. The third-order valence-electron chi connectivity index (χ3n) is 3.75. The minimum absolute atomic E-state index is 0.539. The van der Waals surface area contributed by atoms with Gasteiger partial charge in [-0.1, -0.05) is 12.8 Å². The van der Waals surface area contributed by atoms with Gasteiger partial charge in [-0.05, 0) is 38.0 Å². The zero-order valence-corrected chi connectivity index (χ0v) is 11.6. The van der Waals surface area contributed by atoms with Crippen molar-refractivity contribution in [2.75, 3.05) is 26.7 Å². The number of aliphatic imine (C=N–C) groups is 1. The molecule has 4 nitrogen and oxygen atoms in total. The van der Waals surface area contributed by atoms with Gasteiger partial charge in [0.05, 0.1) is 6.10 Å². The molecule has 2 rings (SSSR count). The number of nitrogens with zero attached hydrogens (tertiary/aromatic N) is 1. The van der Waals surface area contributed by atoms with Gasteiger partial charge in [0.15, 0.2) is 5.96 Å². The first-order valence-corrected chi connectivity index (χ1v) is 7.44. The van der Waals surface area contributed by atoms with E-state index in [1.54, 1.807) is 0 Å². The quantitative estimate of drug-likeness (QED) is 0.414. The lowest BCUT2D eigenvalue weighted by Gasteiger charge is -2.13. The summed E-state index contributed by atoms with van der Waals surface area (Å²) >= 11 is 0. The van der Waals surface area contributed by atoms with Crippen molar-refractivity contribution in [3.8, 4) is 0 Å². The predicted molar refractivity (Wildman–Crippen MR) is 74.9 cm³/mol. The lowest BCUT2D eigenvalue weighted by Crippen LogP contribution is -2.39. The van der Waals surface area contributed by atoms with Crippen LogP contribution in [0.5, 0.6) is 0 Å². The highest BCUT2D eigenvalue weighted by atomic mass is 16.5. The van der Waals surface area contributed by atoms with Gasteiger partial charge in [0.25, 0.3) is 0 Å². The van der Waals surface area contributed by atoms with E-state index in [1.165, 1.54) is 38.5 Å². The monoisotopic (exact) mass is 253 g/mol. The second-order valence-corrected chi connectivity index (χ2v) is 5.45. The average Bonchev–Trinajstić information content (AvgIpc) is 3.07. The Kier molecular flexibility index (Phi) is 5.78. The van der Waals surface area contributed by atoms with Crippen LogP contribution < -0.4 is 10.6 Å². The maximum Gasteiger partial charge on any atom is 0.190 e. The third-order valence-corrected chi connectivity index (χ3v) is 3.75. The van der Waals surface area contributed by atoms with Crippen molar-refractivity contribution in [2.45, 2.75) is 51.0 Å². The van der Waals surface area contributed by atoms with Crippen LogP contribution in [-0.4, -0.2) is 38.8 Å². The molecule has 2 aliphatic rings. The second kappa shape index (κ2) is 7.62. The van der Waals surface area contributed by atoms with Crippen LogP contribution in [0.4, 0.5) is 0 Å². The van der Waals surface area contributed by atoms with Crippen LogP contribution in [0.2, 0.25) is 0 Å². The fourth-order valence-corrected chi connectivity index (χ4v) is 2.37. The summed E-state index contributed by atoms with van der Waals surface area (Å²) < 4.78 is 5.83. The van der Waals surface area contributed by atoms with Crippen molar-refractivity contribution in [2.24, 2.45) is 10.9 Å². The van der Waals surface area contributed by atoms with E-state index < -0.39 is 0 Å². The lowest BCUT2D eigenvalue weighted by molar-refractivity contribution is 0.0574. The van der Waals surface area contributed by atoms with Crippen LogP contribution in [-0.2, 0) is 4.74 Å². The number of hydrogen-bond donors (Lipinski definition) is 2. The van der Waals surface area contributed by atoms with Crippen LogP contribution >= 0.6 is 0 Å². The highest BCUT2D eigenvalue weighted by Gasteiger charge is 2.21. The first-order valence-electron chi connectivity index (χ1n) is 7.44. The number of nitrogens with one attached hydrogen (secondary N) is 2. The SMILES string of the molecule is CN=C(NCCCOC1CCCC1)NCC1CC1. The zero-order chi connectivity index (χ0) is 12.6. The van der Waals surface area contributed by atoms with Gasteiger partial charge in [-0.2, -0.15) is 0 Å². The molecule has 2 fully saturated rings. The van der Waals surface area contributed by atoms with Crippen LogP contribution in [0, 0.1) is 5.92 Å². The van der Waals surface area contributed by atoms with Gasteiger partial charge in [-0.3, -0.25) is 4.99 Å². The molecule has 0 aromatic rings. The van der Waals surface area contributed by atoms with Crippen molar-refractivity contribution in [3.05, 3.63) is 0 Å². The van der Waals surface area contributed by atoms with E-state index in [1.807, 2.05) is 7.05 Å². The molecule has 0 atom stereocenters. The number of guanidine groups is 1. The van der Waals surface area contributed by atoms with Gasteiger partial charge in [0, 0.05) is 26.7 Å². The van der Waals surface area contributed by atoms with Crippen LogP contribution in [0.1, 0.15) is 44.9 Å². The molecule has 2 aliphatic carbocycles. The molecule has 0 unspecified atom stereocenters. The molecule has 0 saturated heterocycles. The summed E-state index contributed by atoms with van der Waals surface area (Å²) in [7, 11) is 1.83. The molecule has 0 spiro atoms. The smallest absolute Gasteiger partial charge is 0.190 e.